The molecule has 1 aromatic heterocycles. The van der Waals surface area contributed by atoms with E-state index in [9.17, 15) is 0 Å². The third-order valence-corrected chi connectivity index (χ3v) is 2.98. The predicted octanol–water partition coefficient (Wildman–Crippen LogP) is 1.88. The highest BCUT2D eigenvalue weighted by molar-refractivity contribution is 5.33. The largest absolute Gasteiger partial charge is 0.323 e. The molecule has 76 valence electrons. The smallest absolute Gasteiger partial charge is 0.124 e. The summed E-state index contributed by atoms with van der Waals surface area (Å²) in [6, 6.07) is 10.6. The van der Waals surface area contributed by atoms with Crippen molar-refractivity contribution < 1.29 is 0 Å². The summed E-state index contributed by atoms with van der Waals surface area (Å²) in [4.78, 5) is 4.31. The van der Waals surface area contributed by atoms with Crippen LogP contribution in [-0.2, 0) is 0 Å². The SMILES string of the molecule is Cc1ncc2n1NCC2c1ccccc1. The van der Waals surface area contributed by atoms with Crippen LogP contribution in [0.5, 0.6) is 0 Å². The van der Waals surface area contributed by atoms with Crippen LogP contribution in [0.1, 0.15) is 23.0 Å². The summed E-state index contributed by atoms with van der Waals surface area (Å²) in [5, 5.41) is 0. The highest BCUT2D eigenvalue weighted by Gasteiger charge is 2.25. The van der Waals surface area contributed by atoms with E-state index in [0.29, 0.717) is 5.92 Å². The van der Waals surface area contributed by atoms with Gasteiger partial charge in [0.1, 0.15) is 5.82 Å². The van der Waals surface area contributed by atoms with Crippen molar-refractivity contribution in [1.29, 1.82) is 0 Å². The van der Waals surface area contributed by atoms with Crippen LogP contribution in [0.4, 0.5) is 0 Å². The first-order valence-corrected chi connectivity index (χ1v) is 5.19. The lowest BCUT2D eigenvalue weighted by Crippen LogP contribution is -2.10. The molecule has 1 atom stereocenters. The molecule has 0 aliphatic carbocycles. The lowest BCUT2D eigenvalue weighted by molar-refractivity contribution is 0.872. The fourth-order valence-corrected chi connectivity index (χ4v) is 2.17. The number of rotatable bonds is 1. The Hall–Kier alpha value is -1.77. The van der Waals surface area contributed by atoms with Crippen LogP contribution in [0.25, 0.3) is 0 Å². The first-order chi connectivity index (χ1) is 7.36. The van der Waals surface area contributed by atoms with Crippen LogP contribution in [-0.4, -0.2) is 16.2 Å². The molecule has 0 amide bonds. The van der Waals surface area contributed by atoms with E-state index in [-0.39, 0.29) is 0 Å². The van der Waals surface area contributed by atoms with Gasteiger partial charge >= 0.3 is 0 Å². The van der Waals surface area contributed by atoms with E-state index >= 15 is 0 Å². The third kappa shape index (κ3) is 1.23. The summed E-state index contributed by atoms with van der Waals surface area (Å²) in [7, 11) is 0. The quantitative estimate of drug-likeness (QED) is 0.760. The van der Waals surface area contributed by atoms with Gasteiger partial charge in [0.05, 0.1) is 11.9 Å². The number of benzene rings is 1. The monoisotopic (exact) mass is 199 g/mol. The van der Waals surface area contributed by atoms with Crippen molar-refractivity contribution in [2.45, 2.75) is 12.8 Å². The van der Waals surface area contributed by atoms with E-state index in [1.807, 2.05) is 13.1 Å². The minimum atomic E-state index is 0.437. The van der Waals surface area contributed by atoms with Gasteiger partial charge in [-0.1, -0.05) is 30.3 Å². The first-order valence-electron chi connectivity index (χ1n) is 5.19. The van der Waals surface area contributed by atoms with E-state index in [2.05, 4.69) is 45.4 Å². The number of imidazole rings is 1. The number of hydrogen-bond donors (Lipinski definition) is 1. The maximum absolute atomic E-state index is 4.31. The summed E-state index contributed by atoms with van der Waals surface area (Å²) >= 11 is 0. The van der Waals surface area contributed by atoms with Gasteiger partial charge in [-0.15, -0.1) is 0 Å². The predicted molar refractivity (Wildman–Crippen MR) is 59.5 cm³/mol. The van der Waals surface area contributed by atoms with Gasteiger partial charge in [0, 0.05) is 12.5 Å². The van der Waals surface area contributed by atoms with Gasteiger partial charge in [0.25, 0.3) is 0 Å². The van der Waals surface area contributed by atoms with E-state index in [1.54, 1.807) is 0 Å². The van der Waals surface area contributed by atoms with Crippen LogP contribution in [0.15, 0.2) is 36.5 Å². The highest BCUT2D eigenvalue weighted by atomic mass is 15.5. The normalized spacial score (nSPS) is 18.6. The Kier molecular flexibility index (Phi) is 1.78. The number of nitrogens with one attached hydrogen (secondary N) is 1. The second-order valence-corrected chi connectivity index (χ2v) is 3.89. The highest BCUT2D eigenvalue weighted by Crippen LogP contribution is 2.28. The van der Waals surface area contributed by atoms with Crippen molar-refractivity contribution in [3.8, 4) is 0 Å². The number of fused-ring (bicyclic) bond motifs is 1. The molecule has 0 spiro atoms. The molecule has 1 aliphatic heterocycles. The van der Waals surface area contributed by atoms with Gasteiger partial charge < -0.3 is 5.43 Å². The molecule has 0 radical (unpaired) electrons. The van der Waals surface area contributed by atoms with Crippen LogP contribution in [0.3, 0.4) is 0 Å². The summed E-state index contributed by atoms with van der Waals surface area (Å²) in [6.45, 7) is 2.98. The Labute approximate surface area is 88.7 Å². The average molecular weight is 199 g/mol. The molecule has 1 aliphatic rings. The van der Waals surface area contributed by atoms with Crippen LogP contribution in [0, 0.1) is 6.92 Å². The zero-order valence-electron chi connectivity index (χ0n) is 8.64. The Bertz CT molecular complexity index is 473. The summed E-state index contributed by atoms with van der Waals surface area (Å²) in [5.74, 6) is 1.47. The minimum absolute atomic E-state index is 0.437. The summed E-state index contributed by atoms with van der Waals surface area (Å²) < 4.78 is 2.08. The number of nitrogens with zero attached hydrogens (tertiary/aromatic N) is 2. The topological polar surface area (TPSA) is 29.9 Å². The maximum Gasteiger partial charge on any atom is 0.124 e. The summed E-state index contributed by atoms with van der Waals surface area (Å²) in [5.41, 5.74) is 5.96. The Morgan fingerprint density at radius 2 is 2.13 bits per heavy atom. The lowest BCUT2D eigenvalue weighted by Gasteiger charge is -2.06. The lowest BCUT2D eigenvalue weighted by atomic mass is 9.97. The second kappa shape index (κ2) is 3.12. The molecule has 3 rings (SSSR count). The Balaban J connectivity index is 2.04. The number of aryl methyl sites for hydroxylation is 1. The van der Waals surface area contributed by atoms with Crippen LogP contribution >= 0.6 is 0 Å². The van der Waals surface area contributed by atoms with E-state index in [4.69, 9.17) is 0 Å². The molecule has 0 saturated heterocycles. The molecule has 3 nitrogen and oxygen atoms in total. The van der Waals surface area contributed by atoms with Crippen molar-refractivity contribution in [2.24, 2.45) is 0 Å². The molecule has 0 saturated carbocycles. The molecular weight excluding hydrogens is 186 g/mol. The molecule has 2 aromatic rings. The van der Waals surface area contributed by atoms with Crippen molar-refractivity contribution in [2.75, 3.05) is 12.0 Å². The zero-order chi connectivity index (χ0) is 10.3. The number of hydrogen-bond acceptors (Lipinski definition) is 2. The average Bonchev–Trinajstić information content (AvgIpc) is 2.83. The summed E-state index contributed by atoms with van der Waals surface area (Å²) in [6.07, 6.45) is 1.97. The fraction of sp³-hybridized carbons (Fsp3) is 0.250. The van der Waals surface area contributed by atoms with E-state index in [1.165, 1.54) is 11.3 Å². The van der Waals surface area contributed by atoms with Crippen molar-refractivity contribution in [1.82, 2.24) is 9.66 Å². The molecule has 0 bridgehead atoms. The maximum atomic E-state index is 4.31. The van der Waals surface area contributed by atoms with E-state index in [0.717, 1.165) is 12.4 Å². The van der Waals surface area contributed by atoms with Crippen molar-refractivity contribution in [3.05, 3.63) is 53.6 Å². The van der Waals surface area contributed by atoms with Gasteiger partial charge in [-0.3, -0.25) is 0 Å². The van der Waals surface area contributed by atoms with Gasteiger partial charge in [-0.05, 0) is 12.5 Å². The van der Waals surface area contributed by atoms with Crippen LogP contribution in [0.2, 0.25) is 0 Å². The molecule has 0 fully saturated rings. The molecule has 1 N–H and O–H groups in total. The van der Waals surface area contributed by atoms with E-state index < -0.39 is 0 Å². The molecule has 1 unspecified atom stereocenters. The van der Waals surface area contributed by atoms with Crippen molar-refractivity contribution >= 4 is 0 Å². The second-order valence-electron chi connectivity index (χ2n) is 3.89. The number of aromatic nitrogens is 2. The zero-order valence-corrected chi connectivity index (χ0v) is 8.64. The van der Waals surface area contributed by atoms with Crippen molar-refractivity contribution in [3.63, 3.8) is 0 Å². The molecule has 3 heteroatoms. The molecule has 2 heterocycles. The molecular formula is C12H13N3. The standard InChI is InChI=1S/C12H13N3/c1-9-13-8-12-11(7-14-15(9)12)10-5-3-2-4-6-10/h2-6,8,11,14H,7H2,1H3. The van der Waals surface area contributed by atoms with Crippen LogP contribution < -0.4 is 5.43 Å². The Morgan fingerprint density at radius 1 is 1.33 bits per heavy atom. The molecule has 15 heavy (non-hydrogen) atoms. The van der Waals surface area contributed by atoms with Gasteiger partial charge in [0.2, 0.25) is 0 Å². The van der Waals surface area contributed by atoms with Gasteiger partial charge in [0.15, 0.2) is 0 Å². The minimum Gasteiger partial charge on any atom is -0.323 e. The molecule has 1 aromatic carbocycles. The third-order valence-electron chi connectivity index (χ3n) is 2.98. The van der Waals surface area contributed by atoms with Gasteiger partial charge in [-0.2, -0.15) is 0 Å². The fourth-order valence-electron chi connectivity index (χ4n) is 2.17. The first kappa shape index (κ1) is 8.53. The Morgan fingerprint density at radius 3 is 2.93 bits per heavy atom. The van der Waals surface area contributed by atoms with Gasteiger partial charge in [-0.25, -0.2) is 9.66 Å².